The third-order valence-corrected chi connectivity index (χ3v) is 4.53. The highest BCUT2D eigenvalue weighted by Gasteiger charge is 2.22. The Morgan fingerprint density at radius 1 is 0.722 bits per heavy atom. The topological polar surface area (TPSA) is 128 Å². The van der Waals surface area contributed by atoms with Crippen LogP contribution in [0.3, 0.4) is 0 Å². The van der Waals surface area contributed by atoms with Crippen LogP contribution < -0.4 is 0 Å². The van der Waals surface area contributed by atoms with Gasteiger partial charge in [0.15, 0.2) is 29.7 Å². The molecule has 1 rings (SSSR count). The number of hydrogen-bond acceptors (Lipinski definition) is 8. The molecule has 0 aromatic carbocycles. The summed E-state index contributed by atoms with van der Waals surface area (Å²) in [7, 11) is -11.6. The highest BCUT2D eigenvalue weighted by Crippen LogP contribution is 2.14. The molecule has 102 valence electrons. The van der Waals surface area contributed by atoms with E-state index in [1.165, 1.54) is 0 Å². The zero-order valence-corrected chi connectivity index (χ0v) is 12.1. The van der Waals surface area contributed by atoms with E-state index < -0.39 is 44.7 Å². The summed E-state index contributed by atoms with van der Waals surface area (Å²) in [4.78, 5) is 6.68. The molecule has 0 spiro atoms. The summed E-state index contributed by atoms with van der Waals surface area (Å²) >= 11 is 0. The molecule has 0 saturated carbocycles. The van der Waals surface area contributed by atoms with Crippen molar-refractivity contribution in [3.8, 4) is 0 Å². The van der Waals surface area contributed by atoms with Crippen LogP contribution in [0.15, 0.2) is 21.3 Å². The minimum atomic E-state index is -3.92. The summed E-state index contributed by atoms with van der Waals surface area (Å²) in [5.74, 6) is 0. The summed E-state index contributed by atoms with van der Waals surface area (Å²) in [6, 6.07) is 0.722. The number of rotatable bonds is 3. The Balaban J connectivity index is 3.82. The zero-order valence-electron chi connectivity index (χ0n) is 9.65. The lowest BCUT2D eigenvalue weighted by Crippen LogP contribution is -2.13. The summed E-state index contributed by atoms with van der Waals surface area (Å²) < 4.78 is 67.8. The Morgan fingerprint density at radius 2 is 1.06 bits per heavy atom. The lowest BCUT2D eigenvalue weighted by atomic mass is 10.7. The van der Waals surface area contributed by atoms with Gasteiger partial charge in [0.1, 0.15) is 0 Å². The average molecular weight is 314 g/mol. The van der Waals surface area contributed by atoms with Crippen molar-refractivity contribution in [1.29, 1.82) is 0 Å². The van der Waals surface area contributed by atoms with Crippen molar-refractivity contribution in [3.05, 3.63) is 6.07 Å². The summed E-state index contributed by atoms with van der Waals surface area (Å²) in [5.41, 5.74) is 0. The van der Waals surface area contributed by atoms with E-state index in [0.717, 1.165) is 24.8 Å². The molecule has 0 radical (unpaired) electrons. The van der Waals surface area contributed by atoms with Gasteiger partial charge in [0.2, 0.25) is 15.0 Å². The molecule has 1 heterocycles. The fourth-order valence-electron chi connectivity index (χ4n) is 0.929. The lowest BCUT2D eigenvalue weighted by Gasteiger charge is -2.04. The normalized spacial score (nSPS) is 13.5. The number of nitrogens with zero attached hydrogens (tertiary/aromatic N) is 2. The first-order valence-electron chi connectivity index (χ1n) is 4.31. The maximum atomic E-state index is 11.3. The van der Waals surface area contributed by atoms with Crippen LogP contribution in [0.1, 0.15) is 0 Å². The van der Waals surface area contributed by atoms with E-state index in [4.69, 9.17) is 0 Å². The SMILES string of the molecule is CS(=O)(=O)c1cc(S(C)(=O)=O)nc(S(C)(=O)=O)n1. The standard InChI is InChI=1S/C7H10N2O6S3/c1-16(10,11)5-4-6(17(2,12)13)9-7(8-5)18(3,14)15/h4H,1-3H3. The second kappa shape index (κ2) is 4.24. The molecule has 0 aliphatic heterocycles. The van der Waals surface area contributed by atoms with Crippen LogP contribution in [0.25, 0.3) is 0 Å². The van der Waals surface area contributed by atoms with Crippen LogP contribution in [-0.2, 0) is 29.5 Å². The van der Waals surface area contributed by atoms with Crippen molar-refractivity contribution in [2.24, 2.45) is 0 Å². The third-order valence-electron chi connectivity index (χ3n) is 1.75. The molecule has 1 aromatic heterocycles. The van der Waals surface area contributed by atoms with Gasteiger partial charge in [0.05, 0.1) is 0 Å². The first-order valence-corrected chi connectivity index (χ1v) is 9.98. The van der Waals surface area contributed by atoms with Crippen molar-refractivity contribution in [2.75, 3.05) is 18.8 Å². The van der Waals surface area contributed by atoms with Crippen molar-refractivity contribution in [1.82, 2.24) is 9.97 Å². The minimum Gasteiger partial charge on any atom is -0.222 e. The quantitative estimate of drug-likeness (QED) is 0.496. The van der Waals surface area contributed by atoms with Crippen LogP contribution in [0.2, 0.25) is 0 Å². The van der Waals surface area contributed by atoms with Gasteiger partial charge in [0.25, 0.3) is 0 Å². The predicted octanol–water partition coefficient (Wildman–Crippen LogP) is -1.31. The van der Waals surface area contributed by atoms with Crippen LogP contribution in [-0.4, -0.2) is 54.0 Å². The van der Waals surface area contributed by atoms with Gasteiger partial charge in [-0.25, -0.2) is 35.2 Å². The summed E-state index contributed by atoms with van der Waals surface area (Å²) in [5, 5.41) is -2.15. The Bertz CT molecular complexity index is 670. The van der Waals surface area contributed by atoms with Gasteiger partial charge in [-0.05, 0) is 0 Å². The highest BCUT2D eigenvalue weighted by atomic mass is 32.2. The van der Waals surface area contributed by atoms with Gasteiger partial charge in [-0.15, -0.1) is 0 Å². The fraction of sp³-hybridized carbons (Fsp3) is 0.429. The van der Waals surface area contributed by atoms with Gasteiger partial charge in [-0.2, -0.15) is 0 Å². The molecule has 0 bridgehead atoms. The van der Waals surface area contributed by atoms with E-state index in [-0.39, 0.29) is 0 Å². The molecule has 0 amide bonds. The highest BCUT2D eigenvalue weighted by molar-refractivity contribution is 7.92. The molecule has 0 saturated heterocycles. The monoisotopic (exact) mass is 314 g/mol. The van der Waals surface area contributed by atoms with E-state index in [2.05, 4.69) is 9.97 Å². The van der Waals surface area contributed by atoms with E-state index >= 15 is 0 Å². The third kappa shape index (κ3) is 3.46. The minimum absolute atomic E-state index is 0.654. The molecule has 11 heteroatoms. The second-order valence-corrected chi connectivity index (χ2v) is 9.48. The van der Waals surface area contributed by atoms with Gasteiger partial charge in [-0.3, -0.25) is 0 Å². The Morgan fingerprint density at radius 3 is 1.28 bits per heavy atom. The van der Waals surface area contributed by atoms with Crippen molar-refractivity contribution >= 4 is 29.5 Å². The molecule has 0 aliphatic rings. The van der Waals surface area contributed by atoms with Crippen LogP contribution in [0.5, 0.6) is 0 Å². The molecule has 0 aliphatic carbocycles. The van der Waals surface area contributed by atoms with Gasteiger partial charge < -0.3 is 0 Å². The molecule has 8 nitrogen and oxygen atoms in total. The fourth-order valence-corrected chi connectivity index (χ4v) is 2.80. The molecule has 0 N–H and O–H groups in total. The average Bonchev–Trinajstić information content (AvgIpc) is 2.13. The van der Waals surface area contributed by atoms with Crippen LogP contribution >= 0.6 is 0 Å². The van der Waals surface area contributed by atoms with Gasteiger partial charge in [-0.1, -0.05) is 0 Å². The number of aromatic nitrogens is 2. The van der Waals surface area contributed by atoms with E-state index in [1.807, 2.05) is 0 Å². The first kappa shape index (κ1) is 15.0. The Labute approximate surface area is 105 Å². The van der Waals surface area contributed by atoms with E-state index in [1.54, 1.807) is 0 Å². The lowest BCUT2D eigenvalue weighted by molar-refractivity contribution is 0.575. The Hall–Kier alpha value is -1.07. The van der Waals surface area contributed by atoms with Crippen molar-refractivity contribution < 1.29 is 25.3 Å². The second-order valence-electron chi connectivity index (χ2n) is 3.64. The molecule has 0 atom stereocenters. The van der Waals surface area contributed by atoms with Crippen molar-refractivity contribution in [2.45, 2.75) is 15.2 Å². The van der Waals surface area contributed by atoms with E-state index in [9.17, 15) is 25.3 Å². The van der Waals surface area contributed by atoms with E-state index in [0.29, 0.717) is 0 Å². The molecular weight excluding hydrogens is 304 g/mol. The molecule has 1 aromatic rings. The molecule has 18 heavy (non-hydrogen) atoms. The van der Waals surface area contributed by atoms with Gasteiger partial charge >= 0.3 is 0 Å². The number of hydrogen-bond donors (Lipinski definition) is 0. The smallest absolute Gasteiger partial charge is 0.222 e. The predicted molar refractivity (Wildman–Crippen MR) is 61.4 cm³/mol. The molecular formula is C7H10N2O6S3. The van der Waals surface area contributed by atoms with Gasteiger partial charge in [0, 0.05) is 24.8 Å². The molecule has 0 fully saturated rings. The first-order chi connectivity index (χ1) is 7.82. The summed E-state index contributed by atoms with van der Waals surface area (Å²) in [6.07, 6.45) is 2.32. The maximum absolute atomic E-state index is 11.3. The van der Waals surface area contributed by atoms with Crippen molar-refractivity contribution in [3.63, 3.8) is 0 Å². The maximum Gasteiger partial charge on any atom is 0.249 e. The molecule has 0 unspecified atom stereocenters. The van der Waals surface area contributed by atoms with Crippen LogP contribution in [0.4, 0.5) is 0 Å². The summed E-state index contributed by atoms with van der Waals surface area (Å²) in [6.45, 7) is 0. The largest absolute Gasteiger partial charge is 0.249 e. The Kier molecular flexibility index (Phi) is 3.53. The number of sulfone groups is 3. The van der Waals surface area contributed by atoms with Crippen LogP contribution in [0, 0.1) is 0 Å². The zero-order chi connectivity index (χ0) is 14.4.